The average molecular weight is 508 g/mol. The highest BCUT2D eigenvalue weighted by atomic mass is 35.5. The molecule has 34 heavy (non-hydrogen) atoms. The van der Waals surface area contributed by atoms with E-state index in [1.807, 2.05) is 26.0 Å². The van der Waals surface area contributed by atoms with E-state index < -0.39 is 17.9 Å². The van der Waals surface area contributed by atoms with Crippen molar-refractivity contribution < 1.29 is 19.1 Å². The van der Waals surface area contributed by atoms with Crippen LogP contribution in [0.1, 0.15) is 56.0 Å². The van der Waals surface area contributed by atoms with Crippen LogP contribution in [0.4, 0.5) is 0 Å². The molecule has 184 valence electrons. The predicted molar refractivity (Wildman–Crippen MR) is 136 cm³/mol. The third-order valence-electron chi connectivity index (χ3n) is 5.01. The van der Waals surface area contributed by atoms with E-state index in [0.29, 0.717) is 28.7 Å². The van der Waals surface area contributed by atoms with Crippen LogP contribution in [0.25, 0.3) is 0 Å². The van der Waals surface area contributed by atoms with Gasteiger partial charge in [-0.2, -0.15) is 5.10 Å². The number of para-hydroxylation sites is 1. The number of benzene rings is 2. The Balaban J connectivity index is 2.09. The van der Waals surface area contributed by atoms with Gasteiger partial charge in [-0.3, -0.25) is 9.59 Å². The van der Waals surface area contributed by atoms with Crippen molar-refractivity contribution in [3.8, 4) is 11.5 Å². The van der Waals surface area contributed by atoms with Crippen LogP contribution in [0.5, 0.6) is 11.5 Å². The first-order valence-corrected chi connectivity index (χ1v) is 11.9. The highest BCUT2D eigenvalue weighted by Crippen LogP contribution is 2.30. The summed E-state index contributed by atoms with van der Waals surface area (Å²) < 4.78 is 11.3. The summed E-state index contributed by atoms with van der Waals surface area (Å²) in [6.45, 7) is 6.32. The third-order valence-corrected chi connectivity index (χ3v) is 5.56. The number of carbonyl (C=O) groups excluding carboxylic acids is 2. The maximum atomic E-state index is 12.8. The second-order valence-corrected chi connectivity index (χ2v) is 8.83. The lowest BCUT2D eigenvalue weighted by atomic mass is 10.0. The first-order valence-electron chi connectivity index (χ1n) is 11.2. The van der Waals surface area contributed by atoms with Crippen LogP contribution in [0.3, 0.4) is 0 Å². The molecule has 0 aromatic heterocycles. The van der Waals surface area contributed by atoms with E-state index in [2.05, 4.69) is 22.8 Å². The van der Waals surface area contributed by atoms with Gasteiger partial charge in [0, 0.05) is 10.6 Å². The van der Waals surface area contributed by atoms with Crippen LogP contribution in [-0.2, 0) is 4.79 Å². The van der Waals surface area contributed by atoms with Crippen molar-refractivity contribution in [2.75, 3.05) is 13.7 Å². The zero-order valence-electron chi connectivity index (χ0n) is 19.9. The molecule has 2 rings (SSSR count). The summed E-state index contributed by atoms with van der Waals surface area (Å²) in [6.07, 6.45) is 4.58. The Hall–Kier alpha value is -2.77. The van der Waals surface area contributed by atoms with Crippen LogP contribution >= 0.6 is 23.2 Å². The number of hydrogen-bond donors (Lipinski definition) is 2. The Morgan fingerprint density at radius 1 is 1.15 bits per heavy atom. The van der Waals surface area contributed by atoms with Gasteiger partial charge in [0.25, 0.3) is 11.8 Å². The van der Waals surface area contributed by atoms with Crippen LogP contribution < -0.4 is 20.2 Å². The van der Waals surface area contributed by atoms with Crippen molar-refractivity contribution in [2.45, 2.75) is 46.1 Å². The molecule has 2 aromatic carbocycles. The van der Waals surface area contributed by atoms with Crippen molar-refractivity contribution in [2.24, 2.45) is 11.0 Å². The lowest BCUT2D eigenvalue weighted by Crippen LogP contribution is -2.48. The molecule has 2 amide bonds. The predicted octanol–water partition coefficient (Wildman–Crippen LogP) is 5.48. The molecule has 0 spiro atoms. The van der Waals surface area contributed by atoms with Gasteiger partial charge in [-0.1, -0.05) is 62.9 Å². The van der Waals surface area contributed by atoms with Gasteiger partial charge in [0.15, 0.2) is 11.5 Å². The van der Waals surface area contributed by atoms with Gasteiger partial charge in [0.2, 0.25) is 0 Å². The molecule has 2 N–H and O–H groups in total. The van der Waals surface area contributed by atoms with Gasteiger partial charge >= 0.3 is 0 Å². The number of amides is 2. The quantitative estimate of drug-likeness (QED) is 0.226. The Morgan fingerprint density at radius 3 is 2.56 bits per heavy atom. The molecule has 0 fully saturated rings. The second-order valence-electron chi connectivity index (χ2n) is 7.99. The summed E-state index contributed by atoms with van der Waals surface area (Å²) in [5, 5.41) is 7.41. The Labute approximate surface area is 210 Å². The Bertz CT molecular complexity index is 1010. The van der Waals surface area contributed by atoms with Crippen molar-refractivity contribution in [1.29, 1.82) is 0 Å². The fourth-order valence-corrected chi connectivity index (χ4v) is 3.63. The number of hydrazone groups is 1. The van der Waals surface area contributed by atoms with E-state index in [4.69, 9.17) is 32.7 Å². The fourth-order valence-electron chi connectivity index (χ4n) is 3.14. The minimum atomic E-state index is -0.827. The number of carbonyl (C=O) groups is 2. The number of nitrogens with one attached hydrogen (secondary N) is 2. The first kappa shape index (κ1) is 27.5. The van der Waals surface area contributed by atoms with E-state index in [-0.39, 0.29) is 16.5 Å². The molecule has 0 saturated heterocycles. The van der Waals surface area contributed by atoms with Crippen molar-refractivity contribution in [3.63, 3.8) is 0 Å². The number of halogens is 2. The third kappa shape index (κ3) is 7.92. The lowest BCUT2D eigenvalue weighted by Gasteiger charge is -2.20. The molecule has 0 bridgehead atoms. The van der Waals surface area contributed by atoms with E-state index in [1.54, 1.807) is 19.2 Å². The lowest BCUT2D eigenvalue weighted by molar-refractivity contribution is -0.123. The zero-order chi connectivity index (χ0) is 25.1. The summed E-state index contributed by atoms with van der Waals surface area (Å²) in [5.41, 5.74) is 3.39. The highest BCUT2D eigenvalue weighted by Gasteiger charge is 2.25. The largest absolute Gasteiger partial charge is 0.493 e. The molecule has 0 heterocycles. The SMILES string of the molecule is CCCCCOc1c(C=NNC(=O)C(NC(=O)c2ccc(Cl)cc2Cl)C(C)C)cccc1OC. The monoisotopic (exact) mass is 507 g/mol. The minimum absolute atomic E-state index is 0.195. The maximum Gasteiger partial charge on any atom is 0.262 e. The van der Waals surface area contributed by atoms with E-state index >= 15 is 0 Å². The van der Waals surface area contributed by atoms with Gasteiger partial charge in [0.1, 0.15) is 6.04 Å². The smallest absolute Gasteiger partial charge is 0.262 e. The van der Waals surface area contributed by atoms with Crippen LogP contribution in [0.2, 0.25) is 10.0 Å². The van der Waals surface area contributed by atoms with Gasteiger partial charge < -0.3 is 14.8 Å². The number of unbranched alkanes of at least 4 members (excludes halogenated alkanes) is 2. The summed E-state index contributed by atoms with van der Waals surface area (Å²) in [5.74, 6) is 0.0108. The molecule has 0 aliphatic heterocycles. The molecule has 0 aliphatic carbocycles. The van der Waals surface area contributed by atoms with Crippen LogP contribution in [-0.4, -0.2) is 37.8 Å². The van der Waals surface area contributed by atoms with Gasteiger partial charge in [-0.15, -0.1) is 0 Å². The molecular weight excluding hydrogens is 477 g/mol. The van der Waals surface area contributed by atoms with Crippen molar-refractivity contribution in [1.82, 2.24) is 10.7 Å². The van der Waals surface area contributed by atoms with Crippen molar-refractivity contribution in [3.05, 3.63) is 57.6 Å². The average Bonchev–Trinajstić information content (AvgIpc) is 2.80. The van der Waals surface area contributed by atoms with Crippen LogP contribution in [0, 0.1) is 5.92 Å². The second kappa shape index (κ2) is 13.8. The molecule has 1 atom stereocenters. The standard InChI is InChI=1S/C25H31Cl2N3O4/c1-5-6-7-13-34-23-17(9-8-10-21(23)33-4)15-28-30-25(32)22(16(2)3)29-24(31)19-12-11-18(26)14-20(19)27/h8-12,14-16,22H,5-7,13H2,1-4H3,(H,29,31)(H,30,32). The molecule has 9 heteroatoms. The Morgan fingerprint density at radius 2 is 1.91 bits per heavy atom. The molecule has 1 unspecified atom stereocenters. The van der Waals surface area contributed by atoms with E-state index in [1.165, 1.54) is 18.3 Å². The number of rotatable bonds is 12. The Kier molecular flexibility index (Phi) is 11.2. The highest BCUT2D eigenvalue weighted by molar-refractivity contribution is 6.36. The molecule has 2 aromatic rings. The topological polar surface area (TPSA) is 89.0 Å². The number of methoxy groups -OCH3 is 1. The van der Waals surface area contributed by atoms with Crippen LogP contribution in [0.15, 0.2) is 41.5 Å². The summed E-state index contributed by atoms with van der Waals surface area (Å²) in [4.78, 5) is 25.4. The molecular formula is C25H31Cl2N3O4. The molecule has 7 nitrogen and oxygen atoms in total. The maximum absolute atomic E-state index is 12.8. The van der Waals surface area contributed by atoms with Gasteiger partial charge in [0.05, 0.1) is 30.5 Å². The van der Waals surface area contributed by atoms with E-state index in [0.717, 1.165) is 19.3 Å². The first-order chi connectivity index (χ1) is 16.3. The summed E-state index contributed by atoms with van der Waals surface area (Å²) in [7, 11) is 1.57. The number of ether oxygens (including phenoxy) is 2. The van der Waals surface area contributed by atoms with E-state index in [9.17, 15) is 9.59 Å². The number of hydrogen-bond acceptors (Lipinski definition) is 5. The number of nitrogens with zero attached hydrogens (tertiary/aromatic N) is 1. The summed E-state index contributed by atoms with van der Waals surface area (Å²) in [6, 6.07) is 9.16. The minimum Gasteiger partial charge on any atom is -0.493 e. The summed E-state index contributed by atoms with van der Waals surface area (Å²) >= 11 is 12.0. The van der Waals surface area contributed by atoms with Gasteiger partial charge in [-0.05, 0) is 42.7 Å². The molecule has 0 saturated carbocycles. The van der Waals surface area contributed by atoms with Gasteiger partial charge in [-0.25, -0.2) is 5.43 Å². The molecule has 0 radical (unpaired) electrons. The zero-order valence-corrected chi connectivity index (χ0v) is 21.4. The molecule has 0 aliphatic rings. The fraction of sp³-hybridized carbons (Fsp3) is 0.400. The normalized spacial score (nSPS) is 12.0. The van der Waals surface area contributed by atoms with Crippen molar-refractivity contribution >= 4 is 41.2 Å².